The van der Waals surface area contributed by atoms with Gasteiger partial charge in [-0.2, -0.15) is 0 Å². The van der Waals surface area contributed by atoms with Crippen molar-refractivity contribution in [2.24, 2.45) is 0 Å². The Morgan fingerprint density at radius 3 is 2.52 bits per heavy atom. The number of methoxy groups -OCH3 is 2. The van der Waals surface area contributed by atoms with E-state index in [0.717, 1.165) is 5.56 Å². The largest absolute Gasteiger partial charge is 0.493 e. The number of amides is 1. The fourth-order valence-corrected chi connectivity index (χ4v) is 2.25. The second-order valence-corrected chi connectivity index (χ2v) is 5.62. The average molecular weight is 367 g/mol. The van der Waals surface area contributed by atoms with Crippen LogP contribution in [0.25, 0.3) is 0 Å². The van der Waals surface area contributed by atoms with Crippen LogP contribution in [0.1, 0.15) is 23.0 Å². The van der Waals surface area contributed by atoms with E-state index in [1.54, 1.807) is 25.3 Å². The first-order valence-corrected chi connectivity index (χ1v) is 7.86. The summed E-state index contributed by atoms with van der Waals surface area (Å²) >= 11 is 5.73. The summed E-state index contributed by atoms with van der Waals surface area (Å²) in [4.78, 5) is 26.6. The number of hydrogen-bond acceptors (Lipinski definition) is 5. The Balaban J connectivity index is 1.90. The molecule has 134 valence electrons. The van der Waals surface area contributed by atoms with Crippen molar-refractivity contribution in [2.75, 3.05) is 14.2 Å². The molecule has 0 saturated carbocycles. The first-order chi connectivity index (χ1) is 11.9. The Labute approximate surface area is 150 Å². The maximum absolute atomic E-state index is 12.1. The molecule has 1 heterocycles. The van der Waals surface area contributed by atoms with Gasteiger partial charge in [-0.05, 0) is 30.7 Å². The number of carbonyl (C=O) groups excluding carboxylic acids is 2. The standard InChI is InChI=1S/C17H19ClN2O5/c1-10(25-17(22)13-7-12(18)9-19-13)16(21)20-8-11-4-5-14(23-2)15(6-11)24-3/h4-7,9-10,19H,8H2,1-3H3,(H,20,21)/t10-/m1/s1. The second-order valence-electron chi connectivity index (χ2n) is 5.19. The number of aromatic amines is 1. The van der Waals surface area contributed by atoms with Crippen molar-refractivity contribution in [2.45, 2.75) is 19.6 Å². The van der Waals surface area contributed by atoms with Gasteiger partial charge in [0.05, 0.1) is 19.2 Å². The van der Waals surface area contributed by atoms with Gasteiger partial charge in [-0.3, -0.25) is 4.79 Å². The van der Waals surface area contributed by atoms with Crippen molar-refractivity contribution in [3.63, 3.8) is 0 Å². The molecule has 0 radical (unpaired) electrons. The van der Waals surface area contributed by atoms with Crippen LogP contribution in [0.3, 0.4) is 0 Å². The Hall–Kier alpha value is -2.67. The van der Waals surface area contributed by atoms with E-state index in [4.69, 9.17) is 25.8 Å². The number of halogens is 1. The Kier molecular flexibility index (Phi) is 6.30. The van der Waals surface area contributed by atoms with Gasteiger partial charge >= 0.3 is 5.97 Å². The minimum absolute atomic E-state index is 0.185. The quantitative estimate of drug-likeness (QED) is 0.735. The van der Waals surface area contributed by atoms with Gasteiger partial charge in [0.1, 0.15) is 5.69 Å². The zero-order chi connectivity index (χ0) is 18.4. The topological polar surface area (TPSA) is 89.6 Å². The van der Waals surface area contributed by atoms with Crippen LogP contribution in [0.4, 0.5) is 0 Å². The molecule has 0 fully saturated rings. The van der Waals surface area contributed by atoms with Crippen molar-refractivity contribution in [1.82, 2.24) is 10.3 Å². The number of rotatable bonds is 7. The number of aromatic nitrogens is 1. The summed E-state index contributed by atoms with van der Waals surface area (Å²) < 4.78 is 15.5. The zero-order valence-electron chi connectivity index (χ0n) is 14.1. The van der Waals surface area contributed by atoms with Gasteiger partial charge in [0.2, 0.25) is 0 Å². The molecule has 0 aliphatic heterocycles. The summed E-state index contributed by atoms with van der Waals surface area (Å²) in [5.41, 5.74) is 1.00. The van der Waals surface area contributed by atoms with E-state index in [0.29, 0.717) is 16.5 Å². The van der Waals surface area contributed by atoms with Crippen LogP contribution in [-0.2, 0) is 16.1 Å². The van der Waals surface area contributed by atoms with Crippen molar-refractivity contribution < 1.29 is 23.8 Å². The molecule has 2 N–H and O–H groups in total. The third-order valence-electron chi connectivity index (χ3n) is 3.44. The fraction of sp³-hybridized carbons (Fsp3) is 0.294. The predicted molar refractivity (Wildman–Crippen MR) is 92.1 cm³/mol. The SMILES string of the molecule is COc1ccc(CNC(=O)[C@@H](C)OC(=O)c2cc(Cl)c[nH]2)cc1OC. The van der Waals surface area contributed by atoms with Crippen LogP contribution < -0.4 is 14.8 Å². The highest BCUT2D eigenvalue weighted by Crippen LogP contribution is 2.27. The average Bonchev–Trinajstić information content (AvgIpc) is 3.05. The molecule has 1 amide bonds. The minimum atomic E-state index is -0.949. The Morgan fingerprint density at radius 2 is 1.92 bits per heavy atom. The van der Waals surface area contributed by atoms with Gasteiger partial charge in [0.25, 0.3) is 5.91 Å². The highest BCUT2D eigenvalue weighted by atomic mass is 35.5. The van der Waals surface area contributed by atoms with Crippen LogP contribution in [0, 0.1) is 0 Å². The summed E-state index contributed by atoms with van der Waals surface area (Å²) in [6.45, 7) is 1.75. The predicted octanol–water partition coefficient (Wildman–Crippen LogP) is 2.55. The van der Waals surface area contributed by atoms with Crippen molar-refractivity contribution >= 4 is 23.5 Å². The van der Waals surface area contributed by atoms with Crippen LogP contribution in [0.15, 0.2) is 30.5 Å². The minimum Gasteiger partial charge on any atom is -0.493 e. The molecule has 0 unspecified atom stereocenters. The van der Waals surface area contributed by atoms with Gasteiger partial charge in [-0.25, -0.2) is 4.79 Å². The number of ether oxygens (including phenoxy) is 3. The lowest BCUT2D eigenvalue weighted by Gasteiger charge is -2.14. The van der Waals surface area contributed by atoms with Crippen LogP contribution in [-0.4, -0.2) is 37.2 Å². The number of H-pyrrole nitrogens is 1. The second kappa shape index (κ2) is 8.43. The molecule has 7 nitrogen and oxygen atoms in total. The summed E-state index contributed by atoms with van der Waals surface area (Å²) in [5, 5.41) is 3.09. The van der Waals surface area contributed by atoms with Gasteiger partial charge in [0, 0.05) is 12.7 Å². The third kappa shape index (κ3) is 4.90. The fourth-order valence-electron chi connectivity index (χ4n) is 2.09. The highest BCUT2D eigenvalue weighted by Gasteiger charge is 2.19. The first-order valence-electron chi connectivity index (χ1n) is 7.48. The summed E-state index contributed by atoms with van der Waals surface area (Å²) in [6.07, 6.45) is 0.509. The molecule has 0 spiro atoms. The molecule has 0 bridgehead atoms. The molecule has 0 saturated heterocycles. The Morgan fingerprint density at radius 1 is 1.20 bits per heavy atom. The molecule has 1 aromatic heterocycles. The number of hydrogen-bond donors (Lipinski definition) is 2. The Bertz CT molecular complexity index is 759. The van der Waals surface area contributed by atoms with Crippen LogP contribution in [0.2, 0.25) is 5.02 Å². The molecule has 1 aromatic carbocycles. The number of esters is 1. The van der Waals surface area contributed by atoms with Gasteiger partial charge < -0.3 is 24.5 Å². The maximum Gasteiger partial charge on any atom is 0.355 e. The lowest BCUT2D eigenvalue weighted by atomic mass is 10.2. The van der Waals surface area contributed by atoms with E-state index in [-0.39, 0.29) is 12.2 Å². The molecule has 2 rings (SSSR count). The highest BCUT2D eigenvalue weighted by molar-refractivity contribution is 6.30. The van der Waals surface area contributed by atoms with Crippen molar-refractivity contribution in [1.29, 1.82) is 0 Å². The van der Waals surface area contributed by atoms with Gasteiger partial charge in [-0.15, -0.1) is 0 Å². The number of carbonyl (C=O) groups is 2. The molecular formula is C17H19ClN2O5. The van der Waals surface area contributed by atoms with E-state index in [9.17, 15) is 9.59 Å². The first kappa shape index (κ1) is 18.7. The lowest BCUT2D eigenvalue weighted by molar-refractivity contribution is -0.129. The van der Waals surface area contributed by atoms with Gasteiger partial charge in [0.15, 0.2) is 17.6 Å². The van der Waals surface area contributed by atoms with Gasteiger partial charge in [-0.1, -0.05) is 17.7 Å². The van der Waals surface area contributed by atoms with E-state index >= 15 is 0 Å². The van der Waals surface area contributed by atoms with Crippen molar-refractivity contribution in [3.05, 3.63) is 46.7 Å². The van der Waals surface area contributed by atoms with E-state index in [1.807, 2.05) is 0 Å². The normalized spacial score (nSPS) is 11.5. The molecule has 0 aliphatic carbocycles. The molecule has 8 heteroatoms. The lowest BCUT2D eigenvalue weighted by Crippen LogP contribution is -2.35. The van der Waals surface area contributed by atoms with Crippen LogP contribution >= 0.6 is 11.6 Å². The maximum atomic E-state index is 12.1. The summed E-state index contributed by atoms with van der Waals surface area (Å²) in [7, 11) is 3.08. The molecule has 2 aromatic rings. The summed E-state index contributed by atoms with van der Waals surface area (Å²) in [6, 6.07) is 6.74. The smallest absolute Gasteiger partial charge is 0.355 e. The van der Waals surface area contributed by atoms with Crippen molar-refractivity contribution in [3.8, 4) is 11.5 Å². The van der Waals surface area contributed by atoms with E-state index in [1.165, 1.54) is 26.3 Å². The molecule has 0 aliphatic rings. The molecule has 25 heavy (non-hydrogen) atoms. The van der Waals surface area contributed by atoms with E-state index < -0.39 is 18.0 Å². The zero-order valence-corrected chi connectivity index (χ0v) is 14.8. The molecule has 1 atom stereocenters. The van der Waals surface area contributed by atoms with E-state index in [2.05, 4.69) is 10.3 Å². The molecular weight excluding hydrogens is 348 g/mol. The van der Waals surface area contributed by atoms with Crippen LogP contribution in [0.5, 0.6) is 11.5 Å². The monoisotopic (exact) mass is 366 g/mol. The number of nitrogens with one attached hydrogen (secondary N) is 2. The third-order valence-corrected chi connectivity index (χ3v) is 3.65. The number of benzene rings is 1. The summed E-state index contributed by atoms with van der Waals surface area (Å²) in [5.74, 6) is 0.100.